The smallest absolute Gasteiger partial charge is 0.399 e. The number of morpholine rings is 1. The van der Waals surface area contributed by atoms with Crippen LogP contribution in [0, 0.1) is 0 Å². The van der Waals surface area contributed by atoms with Crippen molar-refractivity contribution in [2.24, 2.45) is 0 Å². The van der Waals surface area contributed by atoms with Gasteiger partial charge >= 0.3 is 7.12 Å². The molecule has 0 saturated carbocycles. The largest absolute Gasteiger partial charge is 0.498 e. The quantitative estimate of drug-likeness (QED) is 0.781. The third-order valence-electron chi connectivity index (χ3n) is 5.41. The Morgan fingerprint density at radius 2 is 1.71 bits per heavy atom. The molecule has 2 aliphatic rings. The fraction of sp³-hybridized carbons (Fsp3) is 0.588. The molecule has 0 bridgehead atoms. The highest BCUT2D eigenvalue weighted by molar-refractivity contribution is 6.64. The van der Waals surface area contributed by atoms with E-state index in [0.717, 1.165) is 43.0 Å². The summed E-state index contributed by atoms with van der Waals surface area (Å²) in [6.07, 6.45) is 3.91. The van der Waals surface area contributed by atoms with Gasteiger partial charge in [-0.15, -0.1) is 0 Å². The van der Waals surface area contributed by atoms with Crippen LogP contribution in [0.3, 0.4) is 0 Å². The topological polar surface area (TPSA) is 48.2 Å². The molecule has 0 radical (unpaired) electrons. The second-order valence-corrected chi connectivity index (χ2v) is 7.50. The summed E-state index contributed by atoms with van der Waals surface area (Å²) in [5, 5.41) is 4.51. The van der Waals surface area contributed by atoms with Crippen molar-refractivity contribution in [3.63, 3.8) is 0 Å². The lowest BCUT2D eigenvalue weighted by molar-refractivity contribution is 0.00578. The molecule has 2 saturated heterocycles. The van der Waals surface area contributed by atoms with E-state index in [0.29, 0.717) is 0 Å². The highest BCUT2D eigenvalue weighted by atomic mass is 16.7. The first kappa shape index (κ1) is 15.9. The van der Waals surface area contributed by atoms with Gasteiger partial charge in [0.05, 0.1) is 41.8 Å². The molecule has 2 aromatic heterocycles. The molecule has 128 valence electrons. The maximum Gasteiger partial charge on any atom is 0.498 e. The van der Waals surface area contributed by atoms with E-state index in [-0.39, 0.29) is 18.3 Å². The van der Waals surface area contributed by atoms with Crippen LogP contribution in [0.2, 0.25) is 0 Å². The molecule has 7 heteroatoms. The number of hydrogen-bond donors (Lipinski definition) is 0. The van der Waals surface area contributed by atoms with Crippen LogP contribution in [-0.2, 0) is 14.0 Å². The zero-order valence-corrected chi connectivity index (χ0v) is 14.8. The Balaban J connectivity index is 1.64. The third kappa shape index (κ3) is 2.51. The molecule has 0 amide bonds. The standard InChI is InChI=1S/C17H24BN3O3/c1-16(2)17(3,4)24-18(23-16)14-11-19-21-12-13(5-6-15(14)21)20-7-9-22-10-8-20/h5-6,11-12H,7-10H2,1-4H3. The Morgan fingerprint density at radius 3 is 2.38 bits per heavy atom. The van der Waals surface area contributed by atoms with Crippen LogP contribution in [0.1, 0.15) is 27.7 Å². The molecule has 4 rings (SSSR count). The Bertz CT molecular complexity index is 737. The molecular weight excluding hydrogens is 305 g/mol. The number of aromatic nitrogens is 2. The number of nitrogens with zero attached hydrogens (tertiary/aromatic N) is 3. The molecule has 24 heavy (non-hydrogen) atoms. The molecular formula is C17H24BN3O3. The van der Waals surface area contributed by atoms with Crippen molar-refractivity contribution < 1.29 is 14.0 Å². The predicted molar refractivity (Wildman–Crippen MR) is 93.9 cm³/mol. The summed E-state index contributed by atoms with van der Waals surface area (Å²) in [6.45, 7) is 11.6. The zero-order chi connectivity index (χ0) is 16.9. The minimum Gasteiger partial charge on any atom is -0.399 e. The molecule has 2 aromatic rings. The van der Waals surface area contributed by atoms with E-state index in [2.05, 4.69) is 56.0 Å². The molecule has 0 spiro atoms. The van der Waals surface area contributed by atoms with Gasteiger partial charge in [0.2, 0.25) is 0 Å². The minimum absolute atomic E-state index is 0.348. The summed E-state index contributed by atoms with van der Waals surface area (Å²) < 4.78 is 19.7. The molecule has 0 aromatic carbocycles. The summed E-state index contributed by atoms with van der Waals surface area (Å²) in [5.41, 5.74) is 2.46. The first-order valence-electron chi connectivity index (χ1n) is 8.53. The second kappa shape index (κ2) is 5.47. The van der Waals surface area contributed by atoms with E-state index in [1.54, 1.807) is 0 Å². The van der Waals surface area contributed by atoms with Crippen LogP contribution in [-0.4, -0.2) is 54.2 Å². The average Bonchev–Trinajstić information content (AvgIpc) is 3.06. The number of anilines is 1. The number of ether oxygens (including phenoxy) is 1. The van der Waals surface area contributed by atoms with Crippen LogP contribution < -0.4 is 10.4 Å². The maximum absolute atomic E-state index is 6.16. The molecule has 0 unspecified atom stereocenters. The second-order valence-electron chi connectivity index (χ2n) is 7.50. The van der Waals surface area contributed by atoms with Gasteiger partial charge in [-0.25, -0.2) is 4.52 Å². The van der Waals surface area contributed by atoms with Gasteiger partial charge in [-0.05, 0) is 39.8 Å². The number of pyridine rings is 1. The summed E-state index contributed by atoms with van der Waals surface area (Å²) in [6, 6.07) is 4.23. The van der Waals surface area contributed by atoms with Crippen molar-refractivity contribution in [1.29, 1.82) is 0 Å². The van der Waals surface area contributed by atoms with Gasteiger partial charge < -0.3 is 18.9 Å². The van der Waals surface area contributed by atoms with Gasteiger partial charge in [-0.1, -0.05) is 0 Å². The van der Waals surface area contributed by atoms with E-state index >= 15 is 0 Å². The predicted octanol–water partition coefficient (Wildman–Crippen LogP) is 1.47. The van der Waals surface area contributed by atoms with Crippen molar-refractivity contribution in [3.05, 3.63) is 24.5 Å². The van der Waals surface area contributed by atoms with Crippen LogP contribution in [0.25, 0.3) is 5.52 Å². The zero-order valence-electron chi connectivity index (χ0n) is 14.8. The van der Waals surface area contributed by atoms with Gasteiger partial charge in [-0.3, -0.25) is 0 Å². The summed E-state index contributed by atoms with van der Waals surface area (Å²) in [5.74, 6) is 0. The van der Waals surface area contributed by atoms with Crippen molar-refractivity contribution in [1.82, 2.24) is 9.61 Å². The Hall–Kier alpha value is -1.57. The minimum atomic E-state index is -0.387. The van der Waals surface area contributed by atoms with Crippen LogP contribution in [0.5, 0.6) is 0 Å². The van der Waals surface area contributed by atoms with Gasteiger partial charge in [0.25, 0.3) is 0 Å². The lowest BCUT2D eigenvalue weighted by Crippen LogP contribution is -2.41. The highest BCUT2D eigenvalue weighted by Crippen LogP contribution is 2.36. The number of hydrogen-bond acceptors (Lipinski definition) is 5. The van der Waals surface area contributed by atoms with Crippen LogP contribution in [0.15, 0.2) is 24.5 Å². The Kier molecular flexibility index (Phi) is 3.63. The summed E-state index contributed by atoms with van der Waals surface area (Å²) in [4.78, 5) is 2.32. The Morgan fingerprint density at radius 1 is 1.04 bits per heavy atom. The first-order valence-corrected chi connectivity index (χ1v) is 8.53. The van der Waals surface area contributed by atoms with Gasteiger partial charge in [-0.2, -0.15) is 5.10 Å². The van der Waals surface area contributed by atoms with Crippen molar-refractivity contribution in [3.8, 4) is 0 Å². The Labute approximate surface area is 142 Å². The van der Waals surface area contributed by atoms with Crippen molar-refractivity contribution in [2.45, 2.75) is 38.9 Å². The molecule has 0 atom stereocenters. The summed E-state index contributed by atoms with van der Waals surface area (Å²) >= 11 is 0. The molecule has 0 aliphatic carbocycles. The van der Waals surface area contributed by atoms with E-state index in [4.69, 9.17) is 14.0 Å². The van der Waals surface area contributed by atoms with E-state index in [1.165, 1.54) is 0 Å². The summed E-state index contributed by atoms with van der Waals surface area (Å²) in [7, 11) is -0.387. The number of fused-ring (bicyclic) bond motifs is 1. The third-order valence-corrected chi connectivity index (χ3v) is 5.41. The van der Waals surface area contributed by atoms with Crippen LogP contribution in [0.4, 0.5) is 5.69 Å². The maximum atomic E-state index is 6.16. The lowest BCUT2D eigenvalue weighted by atomic mass is 9.80. The molecule has 4 heterocycles. The van der Waals surface area contributed by atoms with Gasteiger partial charge in [0.1, 0.15) is 0 Å². The van der Waals surface area contributed by atoms with Gasteiger partial charge in [0, 0.05) is 24.7 Å². The molecule has 0 N–H and O–H groups in total. The van der Waals surface area contributed by atoms with E-state index in [1.807, 2.05) is 10.7 Å². The lowest BCUT2D eigenvalue weighted by Gasteiger charge is -2.32. The fourth-order valence-corrected chi connectivity index (χ4v) is 3.15. The van der Waals surface area contributed by atoms with Crippen molar-refractivity contribution in [2.75, 3.05) is 31.2 Å². The average molecular weight is 329 g/mol. The molecule has 6 nitrogen and oxygen atoms in total. The number of rotatable bonds is 2. The normalized spacial score (nSPS) is 23.2. The van der Waals surface area contributed by atoms with E-state index in [9.17, 15) is 0 Å². The highest BCUT2D eigenvalue weighted by Gasteiger charge is 2.52. The monoisotopic (exact) mass is 329 g/mol. The fourth-order valence-electron chi connectivity index (χ4n) is 3.15. The van der Waals surface area contributed by atoms with E-state index < -0.39 is 0 Å². The van der Waals surface area contributed by atoms with Gasteiger partial charge in [0.15, 0.2) is 0 Å². The SMILES string of the molecule is CC1(C)OB(c2cnn3cc(N4CCOCC4)ccc23)OC1(C)C. The van der Waals surface area contributed by atoms with Crippen molar-refractivity contribution >= 4 is 23.8 Å². The van der Waals surface area contributed by atoms with Crippen LogP contribution >= 0.6 is 0 Å². The molecule has 2 aliphatic heterocycles. The first-order chi connectivity index (χ1) is 11.4. The molecule has 2 fully saturated rings.